The van der Waals surface area contributed by atoms with E-state index < -0.39 is 0 Å². The lowest BCUT2D eigenvalue weighted by atomic mass is 10.1. The zero-order valence-electron chi connectivity index (χ0n) is 9.97. The summed E-state index contributed by atoms with van der Waals surface area (Å²) in [5.74, 6) is 0.0733. The van der Waals surface area contributed by atoms with Gasteiger partial charge in [-0.1, -0.05) is 22.9 Å². The van der Waals surface area contributed by atoms with Gasteiger partial charge in [-0.2, -0.15) is 0 Å². The maximum Gasteiger partial charge on any atom is 0.163 e. The van der Waals surface area contributed by atoms with Gasteiger partial charge >= 0.3 is 0 Å². The van der Waals surface area contributed by atoms with Crippen molar-refractivity contribution in [3.63, 3.8) is 0 Å². The minimum Gasteiger partial charge on any atom is -0.233 e. The second-order valence-electron chi connectivity index (χ2n) is 3.88. The van der Waals surface area contributed by atoms with Crippen molar-refractivity contribution in [3.05, 3.63) is 44.3 Å². The number of aromatic nitrogens is 2. The molecular formula is C13H11Br2FN2. The van der Waals surface area contributed by atoms with Crippen LogP contribution in [0.5, 0.6) is 0 Å². The number of hydrogen-bond acceptors (Lipinski definition) is 2. The molecule has 0 spiro atoms. The first-order valence-corrected chi connectivity index (χ1v) is 7.10. The molecular weight excluding hydrogens is 363 g/mol. The van der Waals surface area contributed by atoms with Crippen LogP contribution in [0.1, 0.15) is 18.2 Å². The molecule has 0 saturated carbocycles. The van der Waals surface area contributed by atoms with E-state index in [1.807, 2.05) is 13.8 Å². The average Bonchev–Trinajstić information content (AvgIpc) is 2.32. The highest BCUT2D eigenvalue weighted by Gasteiger charge is 2.13. The van der Waals surface area contributed by atoms with Crippen molar-refractivity contribution in [1.82, 2.24) is 9.97 Å². The molecule has 0 aliphatic rings. The zero-order chi connectivity index (χ0) is 13.3. The second-order valence-corrected chi connectivity index (χ2v) is 5.55. The first-order valence-electron chi connectivity index (χ1n) is 5.51. The van der Waals surface area contributed by atoms with Gasteiger partial charge in [-0.3, -0.25) is 0 Å². The lowest BCUT2D eigenvalue weighted by Gasteiger charge is -2.09. The van der Waals surface area contributed by atoms with Crippen molar-refractivity contribution < 1.29 is 4.39 Å². The number of halogens is 3. The standard InChI is InChI=1S/C13H11Br2FN2/c1-3-9-7(2)17-13(18-12(9)15)10-6-8(14)4-5-11(10)16/h4-6H,3H2,1-2H3. The van der Waals surface area contributed by atoms with Crippen LogP contribution in [0.4, 0.5) is 4.39 Å². The lowest BCUT2D eigenvalue weighted by Crippen LogP contribution is -2.00. The first kappa shape index (κ1) is 13.6. The molecule has 5 heteroatoms. The number of benzene rings is 1. The number of hydrogen-bond donors (Lipinski definition) is 0. The molecule has 0 atom stereocenters. The van der Waals surface area contributed by atoms with Crippen LogP contribution in [0, 0.1) is 12.7 Å². The fraction of sp³-hybridized carbons (Fsp3) is 0.231. The Labute approximate surface area is 122 Å². The third-order valence-corrected chi connectivity index (χ3v) is 3.84. The maximum absolute atomic E-state index is 13.8. The van der Waals surface area contributed by atoms with Crippen molar-refractivity contribution in [2.24, 2.45) is 0 Å². The van der Waals surface area contributed by atoms with E-state index in [1.165, 1.54) is 6.07 Å². The SMILES string of the molecule is CCc1c(C)nc(-c2cc(Br)ccc2F)nc1Br. The van der Waals surface area contributed by atoms with E-state index in [9.17, 15) is 4.39 Å². The molecule has 1 aromatic carbocycles. The largest absolute Gasteiger partial charge is 0.233 e. The summed E-state index contributed by atoms with van der Waals surface area (Å²) in [6.45, 7) is 3.94. The Morgan fingerprint density at radius 3 is 2.56 bits per heavy atom. The van der Waals surface area contributed by atoms with Gasteiger partial charge in [0, 0.05) is 15.7 Å². The van der Waals surface area contributed by atoms with Crippen LogP contribution in [0.2, 0.25) is 0 Å². The fourth-order valence-electron chi connectivity index (χ4n) is 1.75. The Morgan fingerprint density at radius 1 is 1.22 bits per heavy atom. The van der Waals surface area contributed by atoms with Crippen molar-refractivity contribution >= 4 is 31.9 Å². The summed E-state index contributed by atoms with van der Waals surface area (Å²) in [6, 6.07) is 4.74. The molecule has 2 nitrogen and oxygen atoms in total. The predicted molar refractivity (Wildman–Crippen MR) is 76.9 cm³/mol. The van der Waals surface area contributed by atoms with Crippen molar-refractivity contribution in [2.45, 2.75) is 20.3 Å². The van der Waals surface area contributed by atoms with Crippen molar-refractivity contribution in [2.75, 3.05) is 0 Å². The van der Waals surface area contributed by atoms with Gasteiger partial charge in [-0.05, 0) is 47.5 Å². The molecule has 0 N–H and O–H groups in total. The molecule has 1 heterocycles. The van der Waals surface area contributed by atoms with E-state index in [0.29, 0.717) is 11.4 Å². The van der Waals surface area contributed by atoms with E-state index in [4.69, 9.17) is 0 Å². The molecule has 2 aromatic rings. The zero-order valence-corrected chi connectivity index (χ0v) is 13.1. The van der Waals surface area contributed by atoms with Crippen LogP contribution in [0.25, 0.3) is 11.4 Å². The molecule has 0 amide bonds. The maximum atomic E-state index is 13.8. The quantitative estimate of drug-likeness (QED) is 0.714. The van der Waals surface area contributed by atoms with Crippen LogP contribution in [0.3, 0.4) is 0 Å². The summed E-state index contributed by atoms with van der Waals surface area (Å²) in [7, 11) is 0. The molecule has 0 aliphatic carbocycles. The first-order chi connectivity index (χ1) is 8.52. The van der Waals surface area contributed by atoms with Gasteiger partial charge in [0.2, 0.25) is 0 Å². The second kappa shape index (κ2) is 5.45. The van der Waals surface area contributed by atoms with Crippen LogP contribution < -0.4 is 0 Å². The summed E-state index contributed by atoms with van der Waals surface area (Å²) in [6.07, 6.45) is 0.841. The van der Waals surface area contributed by atoms with Crippen LogP contribution in [-0.4, -0.2) is 9.97 Å². The highest BCUT2D eigenvalue weighted by Crippen LogP contribution is 2.27. The predicted octanol–water partition coefficient (Wildman–Crippen LogP) is 4.68. The summed E-state index contributed by atoms with van der Waals surface area (Å²) in [4.78, 5) is 8.70. The third kappa shape index (κ3) is 2.62. The number of rotatable bonds is 2. The van der Waals surface area contributed by atoms with Crippen LogP contribution in [0.15, 0.2) is 27.3 Å². The molecule has 1 aromatic heterocycles. The van der Waals surface area contributed by atoms with Crippen molar-refractivity contribution in [1.29, 1.82) is 0 Å². The summed E-state index contributed by atoms with van der Waals surface area (Å²) >= 11 is 6.74. The van der Waals surface area contributed by atoms with Gasteiger partial charge in [-0.15, -0.1) is 0 Å². The normalized spacial score (nSPS) is 10.7. The van der Waals surface area contributed by atoms with Gasteiger partial charge in [-0.25, -0.2) is 14.4 Å². The highest BCUT2D eigenvalue weighted by atomic mass is 79.9. The summed E-state index contributed by atoms with van der Waals surface area (Å²) in [5.41, 5.74) is 2.32. The Kier molecular flexibility index (Phi) is 4.12. The molecule has 0 fully saturated rings. The Hall–Kier alpha value is -0.810. The van der Waals surface area contributed by atoms with Crippen LogP contribution >= 0.6 is 31.9 Å². The minimum atomic E-state index is -0.325. The summed E-state index contributed by atoms with van der Waals surface area (Å²) in [5, 5.41) is 0. The molecule has 94 valence electrons. The molecule has 0 unspecified atom stereocenters. The van der Waals surface area contributed by atoms with Crippen LogP contribution in [-0.2, 0) is 6.42 Å². The highest BCUT2D eigenvalue weighted by molar-refractivity contribution is 9.10. The molecule has 0 saturated heterocycles. The van der Waals surface area contributed by atoms with Gasteiger partial charge in [0.25, 0.3) is 0 Å². The van der Waals surface area contributed by atoms with Crippen molar-refractivity contribution in [3.8, 4) is 11.4 Å². The minimum absolute atomic E-state index is 0.325. The molecule has 0 radical (unpaired) electrons. The lowest BCUT2D eigenvalue weighted by molar-refractivity contribution is 0.629. The van der Waals surface area contributed by atoms with E-state index in [2.05, 4.69) is 41.8 Å². The van der Waals surface area contributed by atoms with Gasteiger partial charge < -0.3 is 0 Å². The molecule has 0 bridgehead atoms. The molecule has 18 heavy (non-hydrogen) atoms. The number of nitrogens with zero attached hydrogens (tertiary/aromatic N) is 2. The Morgan fingerprint density at radius 2 is 1.94 bits per heavy atom. The van der Waals surface area contributed by atoms with Gasteiger partial charge in [0.15, 0.2) is 5.82 Å². The average molecular weight is 374 g/mol. The van der Waals surface area contributed by atoms with Gasteiger partial charge in [0.05, 0.1) is 5.56 Å². The molecule has 0 aliphatic heterocycles. The number of aryl methyl sites for hydroxylation is 1. The summed E-state index contributed by atoms with van der Waals surface area (Å²) < 4.78 is 15.3. The monoisotopic (exact) mass is 372 g/mol. The third-order valence-electron chi connectivity index (χ3n) is 2.69. The smallest absolute Gasteiger partial charge is 0.163 e. The van der Waals surface area contributed by atoms with E-state index in [0.717, 1.165) is 26.8 Å². The Bertz CT molecular complexity index is 577. The van der Waals surface area contributed by atoms with E-state index in [-0.39, 0.29) is 5.82 Å². The Balaban J connectivity index is 2.61. The van der Waals surface area contributed by atoms with E-state index in [1.54, 1.807) is 12.1 Å². The van der Waals surface area contributed by atoms with E-state index >= 15 is 0 Å². The van der Waals surface area contributed by atoms with Gasteiger partial charge in [0.1, 0.15) is 10.4 Å². The fourth-order valence-corrected chi connectivity index (χ4v) is 2.85. The topological polar surface area (TPSA) is 25.8 Å². The molecule has 2 rings (SSSR count).